The van der Waals surface area contributed by atoms with Crippen molar-refractivity contribution in [2.75, 3.05) is 11.9 Å². The lowest BCUT2D eigenvalue weighted by Crippen LogP contribution is -2.07. The fourth-order valence-electron chi connectivity index (χ4n) is 2.64. The zero-order valence-corrected chi connectivity index (χ0v) is 13.6. The van der Waals surface area contributed by atoms with E-state index >= 15 is 0 Å². The Bertz CT molecular complexity index is 843. The molecule has 6 nitrogen and oxygen atoms in total. The largest absolute Gasteiger partial charge is 0.358 e. The summed E-state index contributed by atoms with van der Waals surface area (Å²) in [4.78, 5) is 13.0. The molecule has 118 valence electrons. The van der Waals surface area contributed by atoms with Gasteiger partial charge in [0.2, 0.25) is 5.28 Å². The van der Waals surface area contributed by atoms with Crippen molar-refractivity contribution >= 4 is 45.9 Å². The Morgan fingerprint density at radius 2 is 2.00 bits per heavy atom. The molecule has 3 aromatic rings. The molecule has 1 N–H and O–H groups in total. The van der Waals surface area contributed by atoms with Crippen molar-refractivity contribution in [3.05, 3.63) is 40.9 Å². The van der Waals surface area contributed by atoms with Crippen LogP contribution in [0.2, 0.25) is 10.3 Å². The summed E-state index contributed by atoms with van der Waals surface area (Å²) in [6, 6.07) is 7.33. The monoisotopic (exact) mass is 349 g/mol. The second-order valence-electron chi connectivity index (χ2n) is 5.26. The minimum Gasteiger partial charge on any atom is -0.358 e. The highest BCUT2D eigenvalue weighted by atomic mass is 35.5. The Morgan fingerprint density at radius 3 is 2.74 bits per heavy atom. The summed E-state index contributed by atoms with van der Waals surface area (Å²) in [7, 11) is 0. The average Bonchev–Trinajstić information content (AvgIpc) is 3.18. The van der Waals surface area contributed by atoms with Gasteiger partial charge in [-0.3, -0.25) is 4.57 Å². The van der Waals surface area contributed by atoms with Crippen LogP contribution in [0.5, 0.6) is 0 Å². The van der Waals surface area contributed by atoms with Crippen molar-refractivity contribution in [3.8, 4) is 0 Å². The van der Waals surface area contributed by atoms with Crippen LogP contribution in [-0.2, 0) is 4.74 Å². The molecule has 0 radical (unpaired) electrons. The summed E-state index contributed by atoms with van der Waals surface area (Å²) in [6.45, 7) is 0.749. The highest BCUT2D eigenvalue weighted by Gasteiger charge is 2.22. The van der Waals surface area contributed by atoms with Crippen molar-refractivity contribution in [1.29, 1.82) is 0 Å². The first-order chi connectivity index (χ1) is 11.2. The molecule has 0 aliphatic carbocycles. The molecule has 3 heterocycles. The molecular weight excluding hydrogens is 337 g/mol. The van der Waals surface area contributed by atoms with E-state index in [0.29, 0.717) is 22.0 Å². The molecule has 0 spiro atoms. The third-order valence-corrected chi connectivity index (χ3v) is 4.14. The zero-order valence-electron chi connectivity index (χ0n) is 12.0. The summed E-state index contributed by atoms with van der Waals surface area (Å²) in [5.41, 5.74) is 2.16. The summed E-state index contributed by atoms with van der Waals surface area (Å²) < 4.78 is 7.61. The summed E-state index contributed by atoms with van der Waals surface area (Å²) in [5.74, 6) is 0.555. The first-order valence-electron chi connectivity index (χ1n) is 7.25. The summed E-state index contributed by atoms with van der Waals surface area (Å²) in [5, 5.41) is 4.04. The van der Waals surface area contributed by atoms with Gasteiger partial charge in [-0.1, -0.05) is 11.6 Å². The maximum absolute atomic E-state index is 6.09. The van der Waals surface area contributed by atoms with Crippen LogP contribution in [0.15, 0.2) is 30.6 Å². The molecule has 0 saturated carbocycles. The van der Waals surface area contributed by atoms with Crippen LogP contribution in [0.3, 0.4) is 0 Å². The predicted molar refractivity (Wildman–Crippen MR) is 89.3 cm³/mol. The number of halogens is 2. The number of anilines is 2. The highest BCUT2D eigenvalue weighted by molar-refractivity contribution is 6.30. The van der Waals surface area contributed by atoms with Crippen molar-refractivity contribution in [2.24, 2.45) is 0 Å². The Labute approximate surface area is 142 Å². The maximum Gasteiger partial charge on any atom is 0.226 e. The Hall–Kier alpha value is -1.89. The van der Waals surface area contributed by atoms with Gasteiger partial charge < -0.3 is 10.1 Å². The molecule has 23 heavy (non-hydrogen) atoms. The van der Waals surface area contributed by atoms with Gasteiger partial charge in [0, 0.05) is 17.3 Å². The van der Waals surface area contributed by atoms with Crippen LogP contribution < -0.4 is 5.32 Å². The van der Waals surface area contributed by atoms with E-state index in [2.05, 4.69) is 20.3 Å². The first kappa shape index (κ1) is 14.7. The van der Waals surface area contributed by atoms with Gasteiger partial charge in [0.05, 0.1) is 6.33 Å². The van der Waals surface area contributed by atoms with Crippen LogP contribution in [-0.4, -0.2) is 26.1 Å². The van der Waals surface area contributed by atoms with Gasteiger partial charge in [0.1, 0.15) is 6.23 Å². The standard InChI is InChI=1S/C15H13Cl2N5O/c16-9-3-5-10(6-4-9)19-13-12-14(21-15(17)20-13)22(8-18-12)11-2-1-7-23-11/h3-6,8,11H,1-2,7H2,(H,19,20,21). The van der Waals surface area contributed by atoms with E-state index in [-0.39, 0.29) is 11.5 Å². The number of nitrogens with zero attached hydrogens (tertiary/aromatic N) is 4. The molecular formula is C15H13Cl2N5O. The van der Waals surface area contributed by atoms with E-state index in [0.717, 1.165) is 25.1 Å². The Morgan fingerprint density at radius 1 is 1.17 bits per heavy atom. The molecule has 0 bridgehead atoms. The lowest BCUT2D eigenvalue weighted by Gasteiger charge is -2.12. The van der Waals surface area contributed by atoms with E-state index < -0.39 is 0 Å². The third-order valence-electron chi connectivity index (χ3n) is 3.72. The second kappa shape index (κ2) is 5.96. The predicted octanol–water partition coefficient (Wildman–Crippen LogP) is 4.19. The topological polar surface area (TPSA) is 64.9 Å². The van der Waals surface area contributed by atoms with Gasteiger partial charge in [-0.15, -0.1) is 0 Å². The number of nitrogens with one attached hydrogen (secondary N) is 1. The summed E-state index contributed by atoms with van der Waals surface area (Å²) >= 11 is 12.0. The molecule has 8 heteroatoms. The fourth-order valence-corrected chi connectivity index (χ4v) is 2.93. The Balaban J connectivity index is 1.75. The molecule has 1 aliphatic heterocycles. The zero-order chi connectivity index (χ0) is 15.8. The molecule has 1 unspecified atom stereocenters. The molecule has 4 rings (SSSR count). The normalized spacial score (nSPS) is 17.7. The van der Waals surface area contributed by atoms with Gasteiger partial charge in [-0.2, -0.15) is 9.97 Å². The van der Waals surface area contributed by atoms with E-state index in [1.807, 2.05) is 16.7 Å². The van der Waals surface area contributed by atoms with E-state index in [1.165, 1.54) is 0 Å². The fraction of sp³-hybridized carbons (Fsp3) is 0.267. The number of benzene rings is 1. The first-order valence-corrected chi connectivity index (χ1v) is 8.00. The molecule has 1 saturated heterocycles. The lowest BCUT2D eigenvalue weighted by atomic mass is 10.3. The minimum absolute atomic E-state index is 0.0469. The van der Waals surface area contributed by atoms with E-state index in [9.17, 15) is 0 Å². The minimum atomic E-state index is -0.0469. The van der Waals surface area contributed by atoms with Crippen LogP contribution in [0, 0.1) is 0 Å². The average molecular weight is 350 g/mol. The van der Waals surface area contributed by atoms with E-state index in [1.54, 1.807) is 18.5 Å². The Kier molecular flexibility index (Phi) is 3.80. The van der Waals surface area contributed by atoms with Gasteiger partial charge in [0.15, 0.2) is 17.0 Å². The summed E-state index contributed by atoms with van der Waals surface area (Å²) in [6.07, 6.45) is 3.64. The number of hydrogen-bond donors (Lipinski definition) is 1. The van der Waals surface area contributed by atoms with Crippen molar-refractivity contribution in [1.82, 2.24) is 19.5 Å². The van der Waals surface area contributed by atoms with Crippen LogP contribution >= 0.6 is 23.2 Å². The maximum atomic E-state index is 6.09. The lowest BCUT2D eigenvalue weighted by molar-refractivity contribution is 0.0593. The van der Waals surface area contributed by atoms with Gasteiger partial charge in [-0.25, -0.2) is 4.98 Å². The molecule has 1 aliphatic rings. The number of hydrogen-bond acceptors (Lipinski definition) is 5. The number of imidazole rings is 1. The number of ether oxygens (including phenoxy) is 1. The SMILES string of the molecule is Clc1ccc(Nc2nc(Cl)nc3c2ncn3C2CCCO2)cc1. The molecule has 2 aromatic heterocycles. The van der Waals surface area contributed by atoms with Crippen LogP contribution in [0.1, 0.15) is 19.1 Å². The number of fused-ring (bicyclic) bond motifs is 1. The van der Waals surface area contributed by atoms with E-state index in [4.69, 9.17) is 27.9 Å². The second-order valence-corrected chi connectivity index (χ2v) is 6.04. The van der Waals surface area contributed by atoms with Crippen LogP contribution in [0.4, 0.5) is 11.5 Å². The van der Waals surface area contributed by atoms with Crippen molar-refractivity contribution in [3.63, 3.8) is 0 Å². The molecule has 1 aromatic carbocycles. The third kappa shape index (κ3) is 2.85. The van der Waals surface area contributed by atoms with Crippen LogP contribution in [0.25, 0.3) is 11.2 Å². The van der Waals surface area contributed by atoms with Gasteiger partial charge in [-0.05, 0) is 48.7 Å². The van der Waals surface area contributed by atoms with Gasteiger partial charge >= 0.3 is 0 Å². The quantitative estimate of drug-likeness (QED) is 0.718. The van der Waals surface area contributed by atoms with Crippen molar-refractivity contribution < 1.29 is 4.74 Å². The molecule has 0 amide bonds. The van der Waals surface area contributed by atoms with Crippen molar-refractivity contribution in [2.45, 2.75) is 19.1 Å². The molecule has 1 atom stereocenters. The number of aromatic nitrogens is 4. The smallest absolute Gasteiger partial charge is 0.226 e. The number of rotatable bonds is 3. The molecule has 1 fully saturated rings. The highest BCUT2D eigenvalue weighted by Crippen LogP contribution is 2.30. The van der Waals surface area contributed by atoms with Gasteiger partial charge in [0.25, 0.3) is 0 Å².